The average Bonchev–Trinajstić information content (AvgIpc) is 2.36. The van der Waals surface area contributed by atoms with Gasteiger partial charge in [-0.1, -0.05) is 32.9 Å². The van der Waals surface area contributed by atoms with Crippen LogP contribution in [0.4, 0.5) is 5.69 Å². The maximum atomic E-state index is 5.94. The zero-order valence-electron chi connectivity index (χ0n) is 13.8. The van der Waals surface area contributed by atoms with Crippen molar-refractivity contribution < 1.29 is 0 Å². The standard InChI is InChI=1S/C16H28N4.HI/c1-6-13-7-9-14(10-8-13)19-15(17)18-11-16(2,3)12-20(4)5;/h7-10H,6,11-12H2,1-5H3,(H3,17,18,19);1H. The SMILES string of the molecule is CCc1ccc(NC(N)=NCC(C)(C)CN(C)C)cc1.I. The summed E-state index contributed by atoms with van der Waals surface area (Å²) in [6.45, 7) is 8.22. The fraction of sp³-hybridized carbons (Fsp3) is 0.562. The molecule has 4 nitrogen and oxygen atoms in total. The zero-order chi connectivity index (χ0) is 15.2. The number of aliphatic imine (C=N–C) groups is 1. The summed E-state index contributed by atoms with van der Waals surface area (Å²) in [7, 11) is 4.14. The van der Waals surface area contributed by atoms with E-state index in [1.807, 2.05) is 12.1 Å². The first-order valence-electron chi connectivity index (χ1n) is 7.13. The molecule has 0 spiro atoms. The zero-order valence-corrected chi connectivity index (χ0v) is 16.1. The van der Waals surface area contributed by atoms with Crippen LogP contribution in [0.1, 0.15) is 26.3 Å². The summed E-state index contributed by atoms with van der Waals surface area (Å²) >= 11 is 0. The maximum Gasteiger partial charge on any atom is 0.193 e. The normalized spacial score (nSPS) is 12.2. The molecule has 0 aromatic heterocycles. The summed E-state index contributed by atoms with van der Waals surface area (Å²) in [5.41, 5.74) is 8.35. The molecule has 0 fully saturated rings. The molecule has 0 aliphatic rings. The Labute approximate surface area is 146 Å². The van der Waals surface area contributed by atoms with Gasteiger partial charge in [0.1, 0.15) is 0 Å². The number of halogens is 1. The van der Waals surface area contributed by atoms with E-state index in [1.165, 1.54) is 5.56 Å². The highest BCUT2D eigenvalue weighted by Crippen LogP contribution is 2.16. The molecule has 120 valence electrons. The summed E-state index contributed by atoms with van der Waals surface area (Å²) < 4.78 is 0. The van der Waals surface area contributed by atoms with E-state index in [9.17, 15) is 0 Å². The van der Waals surface area contributed by atoms with Crippen molar-refractivity contribution >= 4 is 35.6 Å². The molecule has 5 heteroatoms. The van der Waals surface area contributed by atoms with Gasteiger partial charge in [0.05, 0.1) is 0 Å². The van der Waals surface area contributed by atoms with Crippen LogP contribution in [0.3, 0.4) is 0 Å². The molecule has 3 N–H and O–H groups in total. The summed E-state index contributed by atoms with van der Waals surface area (Å²) in [6, 6.07) is 8.27. The molecule has 0 saturated carbocycles. The number of nitrogens with one attached hydrogen (secondary N) is 1. The molecule has 0 bridgehead atoms. The first kappa shape index (κ1) is 20.2. The lowest BCUT2D eigenvalue weighted by molar-refractivity contribution is 0.249. The second kappa shape index (κ2) is 9.25. The minimum absolute atomic E-state index is 0. The Bertz CT molecular complexity index is 438. The van der Waals surface area contributed by atoms with Gasteiger partial charge < -0.3 is 16.0 Å². The number of guanidine groups is 1. The van der Waals surface area contributed by atoms with Gasteiger partial charge >= 0.3 is 0 Å². The summed E-state index contributed by atoms with van der Waals surface area (Å²) in [4.78, 5) is 6.61. The predicted octanol–water partition coefficient (Wildman–Crippen LogP) is 3.18. The lowest BCUT2D eigenvalue weighted by Crippen LogP contribution is -2.32. The number of nitrogens with two attached hydrogens (primary N) is 1. The molecule has 0 amide bonds. The third-order valence-electron chi connectivity index (χ3n) is 3.06. The Morgan fingerprint density at radius 2 is 1.81 bits per heavy atom. The number of anilines is 1. The number of rotatable bonds is 6. The highest BCUT2D eigenvalue weighted by atomic mass is 127. The average molecular weight is 404 g/mol. The van der Waals surface area contributed by atoms with Crippen LogP contribution in [-0.4, -0.2) is 38.0 Å². The summed E-state index contributed by atoms with van der Waals surface area (Å²) in [6.07, 6.45) is 1.04. The van der Waals surface area contributed by atoms with E-state index in [0.717, 1.165) is 18.7 Å². The van der Waals surface area contributed by atoms with Crippen molar-refractivity contribution in [3.63, 3.8) is 0 Å². The fourth-order valence-electron chi connectivity index (χ4n) is 2.22. The second-order valence-corrected chi connectivity index (χ2v) is 6.28. The lowest BCUT2D eigenvalue weighted by atomic mass is 9.93. The monoisotopic (exact) mass is 404 g/mol. The molecular formula is C16H29IN4. The molecular weight excluding hydrogens is 375 g/mol. The molecule has 1 rings (SSSR count). The van der Waals surface area contributed by atoms with Gasteiger partial charge in [0.2, 0.25) is 0 Å². The molecule has 1 aromatic carbocycles. The lowest BCUT2D eigenvalue weighted by Gasteiger charge is -2.26. The number of benzene rings is 1. The molecule has 0 atom stereocenters. The molecule has 0 aliphatic carbocycles. The molecule has 0 saturated heterocycles. The van der Waals surface area contributed by atoms with Gasteiger partial charge in [-0.3, -0.25) is 4.99 Å². The van der Waals surface area contributed by atoms with Crippen molar-refractivity contribution in [1.29, 1.82) is 0 Å². The van der Waals surface area contributed by atoms with Gasteiger partial charge in [-0.2, -0.15) is 0 Å². The quantitative estimate of drug-likeness (QED) is 0.435. The Hall–Kier alpha value is -0.820. The van der Waals surface area contributed by atoms with Crippen molar-refractivity contribution in [2.75, 3.05) is 32.5 Å². The van der Waals surface area contributed by atoms with E-state index >= 15 is 0 Å². The molecule has 0 unspecified atom stereocenters. The van der Waals surface area contributed by atoms with Gasteiger partial charge in [0.25, 0.3) is 0 Å². The van der Waals surface area contributed by atoms with Gasteiger partial charge in [0.15, 0.2) is 5.96 Å². The van der Waals surface area contributed by atoms with Crippen LogP contribution in [-0.2, 0) is 6.42 Å². The molecule has 0 radical (unpaired) electrons. The van der Waals surface area contributed by atoms with Gasteiger partial charge in [-0.25, -0.2) is 0 Å². The van der Waals surface area contributed by atoms with Crippen LogP contribution in [0.5, 0.6) is 0 Å². The van der Waals surface area contributed by atoms with E-state index in [4.69, 9.17) is 5.73 Å². The fourth-order valence-corrected chi connectivity index (χ4v) is 2.22. The number of aryl methyl sites for hydroxylation is 1. The van der Waals surface area contributed by atoms with E-state index in [1.54, 1.807) is 0 Å². The first-order valence-corrected chi connectivity index (χ1v) is 7.13. The van der Waals surface area contributed by atoms with Crippen LogP contribution >= 0.6 is 24.0 Å². The van der Waals surface area contributed by atoms with Crippen molar-refractivity contribution in [2.45, 2.75) is 27.2 Å². The molecule has 21 heavy (non-hydrogen) atoms. The van der Waals surface area contributed by atoms with Gasteiger partial charge in [-0.05, 0) is 43.6 Å². The van der Waals surface area contributed by atoms with E-state index in [2.05, 4.69) is 62.2 Å². The van der Waals surface area contributed by atoms with Crippen molar-refractivity contribution in [2.24, 2.45) is 16.1 Å². The topological polar surface area (TPSA) is 53.6 Å². The summed E-state index contributed by atoms with van der Waals surface area (Å²) in [5.74, 6) is 0.473. The summed E-state index contributed by atoms with van der Waals surface area (Å²) in [5, 5.41) is 3.13. The third kappa shape index (κ3) is 8.26. The number of hydrogen-bond acceptors (Lipinski definition) is 2. The maximum absolute atomic E-state index is 5.94. The Balaban J connectivity index is 0.00000400. The van der Waals surface area contributed by atoms with E-state index in [0.29, 0.717) is 12.5 Å². The van der Waals surface area contributed by atoms with E-state index < -0.39 is 0 Å². The van der Waals surface area contributed by atoms with Crippen LogP contribution in [0.2, 0.25) is 0 Å². The van der Waals surface area contributed by atoms with Crippen molar-refractivity contribution in [3.05, 3.63) is 29.8 Å². The van der Waals surface area contributed by atoms with Crippen LogP contribution in [0.25, 0.3) is 0 Å². The molecule has 1 aromatic rings. The largest absolute Gasteiger partial charge is 0.370 e. The third-order valence-corrected chi connectivity index (χ3v) is 3.06. The smallest absolute Gasteiger partial charge is 0.193 e. The highest BCUT2D eigenvalue weighted by molar-refractivity contribution is 14.0. The Kier molecular flexibility index (Phi) is 8.89. The minimum Gasteiger partial charge on any atom is -0.370 e. The number of nitrogens with zero attached hydrogens (tertiary/aromatic N) is 2. The minimum atomic E-state index is 0. The molecule has 0 heterocycles. The Morgan fingerprint density at radius 3 is 2.29 bits per heavy atom. The van der Waals surface area contributed by atoms with Crippen molar-refractivity contribution in [3.8, 4) is 0 Å². The van der Waals surface area contributed by atoms with Crippen molar-refractivity contribution in [1.82, 2.24) is 4.90 Å². The van der Waals surface area contributed by atoms with E-state index in [-0.39, 0.29) is 29.4 Å². The predicted molar refractivity (Wildman–Crippen MR) is 104 cm³/mol. The number of hydrogen-bond donors (Lipinski definition) is 2. The second-order valence-electron chi connectivity index (χ2n) is 6.28. The Morgan fingerprint density at radius 1 is 1.24 bits per heavy atom. The highest BCUT2D eigenvalue weighted by Gasteiger charge is 2.18. The van der Waals surface area contributed by atoms with Gasteiger partial charge in [-0.15, -0.1) is 24.0 Å². The van der Waals surface area contributed by atoms with Crippen LogP contribution in [0, 0.1) is 5.41 Å². The van der Waals surface area contributed by atoms with Crippen LogP contribution < -0.4 is 11.1 Å². The first-order chi connectivity index (χ1) is 9.32. The molecule has 0 aliphatic heterocycles. The van der Waals surface area contributed by atoms with Crippen LogP contribution in [0.15, 0.2) is 29.3 Å². The van der Waals surface area contributed by atoms with Gasteiger partial charge in [0, 0.05) is 18.8 Å².